The van der Waals surface area contributed by atoms with Crippen molar-refractivity contribution in [2.45, 2.75) is 25.8 Å². The second-order valence-corrected chi connectivity index (χ2v) is 5.96. The largest absolute Gasteiger partial charge is 0.399 e. The van der Waals surface area contributed by atoms with Crippen LogP contribution in [0.5, 0.6) is 0 Å². The number of hydrogen-bond donors (Lipinski definition) is 1. The summed E-state index contributed by atoms with van der Waals surface area (Å²) in [6, 6.07) is 11.8. The molecule has 1 aromatic heterocycles. The summed E-state index contributed by atoms with van der Waals surface area (Å²) in [5.74, 6) is 0.193. The van der Waals surface area contributed by atoms with Crippen LogP contribution in [0.25, 0.3) is 0 Å². The number of nitrogen functional groups attached to an aromatic ring is 1. The van der Waals surface area contributed by atoms with Gasteiger partial charge >= 0.3 is 0 Å². The molecule has 0 aliphatic heterocycles. The number of aryl methyl sites for hydroxylation is 1. The third-order valence-corrected chi connectivity index (χ3v) is 4.16. The van der Waals surface area contributed by atoms with Crippen molar-refractivity contribution >= 4 is 22.9 Å². The highest BCUT2D eigenvalue weighted by molar-refractivity contribution is 7.09. The van der Waals surface area contributed by atoms with Crippen molar-refractivity contribution in [2.75, 3.05) is 12.8 Å². The van der Waals surface area contributed by atoms with E-state index in [4.69, 9.17) is 5.73 Å². The monoisotopic (exact) mass is 288 g/mol. The Hall–Kier alpha value is -1.81. The van der Waals surface area contributed by atoms with Gasteiger partial charge in [0.2, 0.25) is 5.91 Å². The first-order valence-corrected chi connectivity index (χ1v) is 7.64. The van der Waals surface area contributed by atoms with Crippen molar-refractivity contribution in [3.63, 3.8) is 0 Å². The predicted octanol–water partition coefficient (Wildman–Crippen LogP) is 3.31. The maximum atomic E-state index is 12.0. The topological polar surface area (TPSA) is 46.3 Å². The first-order valence-electron chi connectivity index (χ1n) is 6.76. The van der Waals surface area contributed by atoms with Gasteiger partial charge in [-0.3, -0.25) is 4.79 Å². The van der Waals surface area contributed by atoms with Crippen LogP contribution in [0.4, 0.5) is 5.69 Å². The summed E-state index contributed by atoms with van der Waals surface area (Å²) < 4.78 is 0. The van der Waals surface area contributed by atoms with Crippen LogP contribution in [-0.2, 0) is 17.8 Å². The van der Waals surface area contributed by atoms with Crippen molar-refractivity contribution < 1.29 is 4.79 Å². The molecule has 3 nitrogen and oxygen atoms in total. The lowest BCUT2D eigenvalue weighted by molar-refractivity contribution is -0.130. The molecule has 106 valence electrons. The first-order chi connectivity index (χ1) is 9.65. The summed E-state index contributed by atoms with van der Waals surface area (Å²) in [6.45, 7) is 0.637. The molecule has 0 radical (unpaired) electrons. The number of hydrogen-bond acceptors (Lipinski definition) is 3. The minimum Gasteiger partial charge on any atom is -0.399 e. The predicted molar refractivity (Wildman–Crippen MR) is 84.6 cm³/mol. The van der Waals surface area contributed by atoms with Gasteiger partial charge < -0.3 is 10.6 Å². The molecule has 0 saturated carbocycles. The average Bonchev–Trinajstić information content (AvgIpc) is 2.94. The van der Waals surface area contributed by atoms with Crippen LogP contribution in [0.1, 0.15) is 23.3 Å². The molecular weight excluding hydrogens is 268 g/mol. The minimum absolute atomic E-state index is 0.193. The van der Waals surface area contributed by atoms with Gasteiger partial charge in [-0.15, -0.1) is 11.3 Å². The molecule has 2 aromatic rings. The van der Waals surface area contributed by atoms with Crippen molar-refractivity contribution in [1.29, 1.82) is 0 Å². The fraction of sp³-hybridized carbons (Fsp3) is 0.312. The van der Waals surface area contributed by atoms with Crippen LogP contribution < -0.4 is 5.73 Å². The molecule has 2 rings (SSSR count). The molecule has 0 atom stereocenters. The second-order valence-electron chi connectivity index (χ2n) is 4.92. The summed E-state index contributed by atoms with van der Waals surface area (Å²) in [5, 5.41) is 2.07. The second kappa shape index (κ2) is 7.10. The third kappa shape index (κ3) is 4.38. The van der Waals surface area contributed by atoms with Crippen molar-refractivity contribution in [2.24, 2.45) is 0 Å². The number of carbonyl (C=O) groups is 1. The van der Waals surface area contributed by atoms with E-state index in [9.17, 15) is 4.79 Å². The third-order valence-electron chi connectivity index (χ3n) is 3.22. The van der Waals surface area contributed by atoms with Gasteiger partial charge in [0.15, 0.2) is 0 Å². The van der Waals surface area contributed by atoms with Crippen LogP contribution in [-0.4, -0.2) is 17.9 Å². The van der Waals surface area contributed by atoms with Gasteiger partial charge in [0.05, 0.1) is 0 Å². The number of anilines is 1. The molecule has 20 heavy (non-hydrogen) atoms. The number of benzene rings is 1. The highest BCUT2D eigenvalue weighted by Crippen LogP contribution is 2.13. The molecule has 0 aliphatic carbocycles. The Labute approximate surface area is 124 Å². The average molecular weight is 288 g/mol. The van der Waals surface area contributed by atoms with Gasteiger partial charge in [-0.1, -0.05) is 18.2 Å². The van der Waals surface area contributed by atoms with Gasteiger partial charge in [0.25, 0.3) is 0 Å². The fourth-order valence-electron chi connectivity index (χ4n) is 2.04. The Bertz CT molecular complexity index is 534. The number of thiophene rings is 1. The maximum absolute atomic E-state index is 12.0. The summed E-state index contributed by atoms with van der Waals surface area (Å²) in [4.78, 5) is 15.2. The molecule has 0 saturated heterocycles. The van der Waals surface area contributed by atoms with Gasteiger partial charge in [0.1, 0.15) is 0 Å². The Morgan fingerprint density at radius 3 is 2.65 bits per heavy atom. The van der Waals surface area contributed by atoms with E-state index < -0.39 is 0 Å². The van der Waals surface area contributed by atoms with Crippen LogP contribution in [0, 0.1) is 0 Å². The molecule has 0 fully saturated rings. The van der Waals surface area contributed by atoms with Crippen LogP contribution in [0.3, 0.4) is 0 Å². The SMILES string of the molecule is CN(Cc1ccc(N)cc1)C(=O)CCCc1cccs1. The molecule has 0 spiro atoms. The van der Waals surface area contributed by atoms with E-state index in [1.54, 1.807) is 16.2 Å². The standard InChI is InChI=1S/C16H20N2OS/c1-18(12-13-7-9-14(17)10-8-13)16(19)6-2-4-15-5-3-11-20-15/h3,5,7-11H,2,4,6,12,17H2,1H3. The molecule has 1 amide bonds. The zero-order chi connectivity index (χ0) is 14.4. The van der Waals surface area contributed by atoms with Crippen LogP contribution in [0.15, 0.2) is 41.8 Å². The Morgan fingerprint density at radius 2 is 2.00 bits per heavy atom. The van der Waals surface area contributed by atoms with E-state index in [-0.39, 0.29) is 5.91 Å². The summed E-state index contributed by atoms with van der Waals surface area (Å²) in [5.41, 5.74) is 7.50. The Kier molecular flexibility index (Phi) is 5.18. The van der Waals surface area contributed by atoms with E-state index in [1.165, 1.54) is 4.88 Å². The number of nitrogens with zero attached hydrogens (tertiary/aromatic N) is 1. The Balaban J connectivity index is 1.75. The number of nitrogens with two attached hydrogens (primary N) is 1. The maximum Gasteiger partial charge on any atom is 0.222 e. The number of carbonyl (C=O) groups excluding carboxylic acids is 1. The molecule has 1 heterocycles. The van der Waals surface area contributed by atoms with Crippen LogP contribution in [0.2, 0.25) is 0 Å². The lowest BCUT2D eigenvalue weighted by Crippen LogP contribution is -2.25. The normalized spacial score (nSPS) is 10.4. The lowest BCUT2D eigenvalue weighted by atomic mass is 10.1. The fourth-order valence-corrected chi connectivity index (χ4v) is 2.80. The molecule has 2 N–H and O–H groups in total. The molecule has 1 aromatic carbocycles. The highest BCUT2D eigenvalue weighted by atomic mass is 32.1. The van der Waals surface area contributed by atoms with Crippen molar-refractivity contribution in [1.82, 2.24) is 4.90 Å². The van der Waals surface area contributed by atoms with Gasteiger partial charge in [0, 0.05) is 30.6 Å². The van der Waals surface area contributed by atoms with Crippen molar-refractivity contribution in [3.05, 3.63) is 52.2 Å². The van der Waals surface area contributed by atoms with Crippen molar-refractivity contribution in [3.8, 4) is 0 Å². The summed E-state index contributed by atoms with van der Waals surface area (Å²) >= 11 is 1.75. The molecule has 0 bridgehead atoms. The van der Waals surface area contributed by atoms with E-state index in [2.05, 4.69) is 17.5 Å². The lowest BCUT2D eigenvalue weighted by Gasteiger charge is -2.17. The molecular formula is C16H20N2OS. The van der Waals surface area contributed by atoms with Gasteiger partial charge in [-0.2, -0.15) is 0 Å². The van der Waals surface area contributed by atoms with E-state index in [0.29, 0.717) is 13.0 Å². The first kappa shape index (κ1) is 14.6. The quantitative estimate of drug-likeness (QED) is 0.829. The van der Waals surface area contributed by atoms with Gasteiger partial charge in [-0.05, 0) is 42.0 Å². The van der Waals surface area contributed by atoms with E-state index >= 15 is 0 Å². The number of rotatable bonds is 6. The van der Waals surface area contributed by atoms with Gasteiger partial charge in [-0.25, -0.2) is 0 Å². The number of amides is 1. The van der Waals surface area contributed by atoms with E-state index in [1.807, 2.05) is 31.3 Å². The zero-order valence-corrected chi connectivity index (χ0v) is 12.5. The van der Waals surface area contributed by atoms with E-state index in [0.717, 1.165) is 24.1 Å². The summed E-state index contributed by atoms with van der Waals surface area (Å²) in [6.07, 6.45) is 2.49. The molecule has 4 heteroatoms. The zero-order valence-electron chi connectivity index (χ0n) is 11.7. The smallest absolute Gasteiger partial charge is 0.222 e. The molecule has 0 unspecified atom stereocenters. The molecule has 0 aliphatic rings. The Morgan fingerprint density at radius 1 is 1.25 bits per heavy atom. The van der Waals surface area contributed by atoms with Crippen LogP contribution >= 0.6 is 11.3 Å². The summed E-state index contributed by atoms with van der Waals surface area (Å²) in [7, 11) is 1.85. The minimum atomic E-state index is 0.193. The highest BCUT2D eigenvalue weighted by Gasteiger charge is 2.09.